The molecule has 4 rings (SSSR count). The van der Waals surface area contributed by atoms with Gasteiger partial charge in [0.25, 0.3) is 5.91 Å². The van der Waals surface area contributed by atoms with Crippen LogP contribution in [0.15, 0.2) is 97.1 Å². The average molecular weight is 467 g/mol. The summed E-state index contributed by atoms with van der Waals surface area (Å²) in [6, 6.07) is 28.7. The fourth-order valence-corrected chi connectivity index (χ4v) is 3.84. The van der Waals surface area contributed by atoms with Crippen molar-refractivity contribution in [3.63, 3.8) is 0 Å². The highest BCUT2D eigenvalue weighted by atomic mass is 19.1. The maximum atomic E-state index is 13.5. The molecule has 2 amide bonds. The number of aryl methyl sites for hydroxylation is 2. The summed E-state index contributed by atoms with van der Waals surface area (Å²) in [5.74, 6) is -0.640. The Bertz CT molecular complexity index is 1310. The van der Waals surface area contributed by atoms with Gasteiger partial charge in [-0.15, -0.1) is 0 Å². The van der Waals surface area contributed by atoms with E-state index in [0.29, 0.717) is 17.8 Å². The van der Waals surface area contributed by atoms with E-state index in [4.69, 9.17) is 0 Å². The summed E-state index contributed by atoms with van der Waals surface area (Å²) in [4.78, 5) is 27.6. The first kappa shape index (κ1) is 23.9. The second-order valence-electron chi connectivity index (χ2n) is 8.64. The van der Waals surface area contributed by atoms with Gasteiger partial charge in [0.05, 0.1) is 13.0 Å². The van der Waals surface area contributed by atoms with Gasteiger partial charge in [0.15, 0.2) is 0 Å². The molecule has 0 heterocycles. The standard InChI is InChI=1S/C30H27FN2O2/c1-21-6-10-25(11-7-21)30(35)33(20-24-5-3-4-22(2)18-24)28-16-8-23(9-17-28)19-29(34)32-27-14-12-26(31)13-15-27/h3-18H,19-20H2,1-2H3,(H,32,34). The van der Waals surface area contributed by atoms with E-state index in [-0.39, 0.29) is 24.1 Å². The van der Waals surface area contributed by atoms with Crippen LogP contribution in [0.3, 0.4) is 0 Å². The third-order valence-electron chi connectivity index (χ3n) is 5.71. The molecule has 0 aromatic heterocycles. The zero-order valence-electron chi connectivity index (χ0n) is 19.8. The molecule has 0 aliphatic rings. The zero-order chi connectivity index (χ0) is 24.8. The van der Waals surface area contributed by atoms with Gasteiger partial charge in [0.2, 0.25) is 5.91 Å². The molecule has 0 saturated carbocycles. The third-order valence-corrected chi connectivity index (χ3v) is 5.71. The van der Waals surface area contributed by atoms with Crippen molar-refractivity contribution in [3.8, 4) is 0 Å². The first-order valence-corrected chi connectivity index (χ1v) is 11.5. The van der Waals surface area contributed by atoms with E-state index in [9.17, 15) is 14.0 Å². The molecule has 0 bridgehead atoms. The molecule has 0 aliphatic heterocycles. The summed E-state index contributed by atoms with van der Waals surface area (Å²) in [5, 5.41) is 2.77. The number of rotatable bonds is 7. The molecule has 0 aliphatic carbocycles. The van der Waals surface area contributed by atoms with Crippen LogP contribution < -0.4 is 10.2 Å². The van der Waals surface area contributed by atoms with Crippen LogP contribution in [0.5, 0.6) is 0 Å². The predicted molar refractivity (Wildman–Crippen MR) is 138 cm³/mol. The van der Waals surface area contributed by atoms with Gasteiger partial charge >= 0.3 is 0 Å². The van der Waals surface area contributed by atoms with E-state index in [1.54, 1.807) is 4.90 Å². The Morgan fingerprint density at radius 1 is 0.771 bits per heavy atom. The molecule has 0 unspecified atom stereocenters. The van der Waals surface area contributed by atoms with E-state index >= 15 is 0 Å². The minimum absolute atomic E-state index is 0.0895. The Hall–Kier alpha value is -4.25. The maximum Gasteiger partial charge on any atom is 0.258 e. The van der Waals surface area contributed by atoms with E-state index in [1.807, 2.05) is 80.6 Å². The highest BCUT2D eigenvalue weighted by Crippen LogP contribution is 2.22. The van der Waals surface area contributed by atoms with Gasteiger partial charge in [0, 0.05) is 16.9 Å². The van der Waals surface area contributed by atoms with Crippen LogP contribution in [0.4, 0.5) is 15.8 Å². The highest BCUT2D eigenvalue weighted by molar-refractivity contribution is 6.06. The van der Waals surface area contributed by atoms with E-state index in [1.165, 1.54) is 24.3 Å². The molecular formula is C30H27FN2O2. The SMILES string of the molecule is Cc1ccc(C(=O)N(Cc2cccc(C)c2)c2ccc(CC(=O)Nc3ccc(F)cc3)cc2)cc1. The van der Waals surface area contributed by atoms with Crippen molar-refractivity contribution in [3.05, 3.63) is 131 Å². The summed E-state index contributed by atoms with van der Waals surface area (Å²) in [5.41, 5.74) is 5.98. The maximum absolute atomic E-state index is 13.5. The Morgan fingerprint density at radius 2 is 1.46 bits per heavy atom. The van der Waals surface area contributed by atoms with Crippen molar-refractivity contribution in [2.24, 2.45) is 0 Å². The Kier molecular flexibility index (Phi) is 7.36. The van der Waals surface area contributed by atoms with Crippen LogP contribution in [0.1, 0.15) is 32.6 Å². The van der Waals surface area contributed by atoms with Gasteiger partial charge in [-0.3, -0.25) is 9.59 Å². The van der Waals surface area contributed by atoms with Crippen LogP contribution in [-0.2, 0) is 17.8 Å². The van der Waals surface area contributed by atoms with Crippen LogP contribution in [0.25, 0.3) is 0 Å². The molecule has 0 radical (unpaired) electrons. The lowest BCUT2D eigenvalue weighted by atomic mass is 10.1. The lowest BCUT2D eigenvalue weighted by molar-refractivity contribution is -0.115. The monoisotopic (exact) mass is 466 g/mol. The second kappa shape index (κ2) is 10.8. The lowest BCUT2D eigenvalue weighted by Crippen LogP contribution is -2.30. The summed E-state index contributed by atoms with van der Waals surface area (Å²) in [6.45, 7) is 4.45. The molecule has 0 saturated heterocycles. The summed E-state index contributed by atoms with van der Waals surface area (Å²) >= 11 is 0. The number of nitrogens with zero attached hydrogens (tertiary/aromatic N) is 1. The van der Waals surface area contributed by atoms with E-state index in [2.05, 4.69) is 11.4 Å². The number of anilines is 2. The van der Waals surface area contributed by atoms with Crippen LogP contribution >= 0.6 is 0 Å². The second-order valence-corrected chi connectivity index (χ2v) is 8.64. The number of hydrogen-bond donors (Lipinski definition) is 1. The van der Waals surface area contributed by atoms with Gasteiger partial charge in [-0.25, -0.2) is 4.39 Å². The fraction of sp³-hybridized carbons (Fsp3) is 0.133. The van der Waals surface area contributed by atoms with Crippen LogP contribution in [0, 0.1) is 19.7 Å². The first-order chi connectivity index (χ1) is 16.9. The van der Waals surface area contributed by atoms with E-state index in [0.717, 1.165) is 27.9 Å². The summed E-state index contributed by atoms with van der Waals surface area (Å²) < 4.78 is 13.1. The first-order valence-electron chi connectivity index (χ1n) is 11.5. The molecule has 176 valence electrons. The largest absolute Gasteiger partial charge is 0.326 e. The zero-order valence-corrected chi connectivity index (χ0v) is 19.8. The molecule has 5 heteroatoms. The van der Waals surface area contributed by atoms with Crippen molar-refractivity contribution in [2.75, 3.05) is 10.2 Å². The van der Waals surface area contributed by atoms with Gasteiger partial charge in [0.1, 0.15) is 5.82 Å². The molecule has 4 nitrogen and oxygen atoms in total. The summed E-state index contributed by atoms with van der Waals surface area (Å²) in [7, 11) is 0. The Balaban J connectivity index is 1.53. The van der Waals surface area contributed by atoms with Crippen LogP contribution in [-0.4, -0.2) is 11.8 Å². The number of halogens is 1. The highest BCUT2D eigenvalue weighted by Gasteiger charge is 2.19. The van der Waals surface area contributed by atoms with Crippen molar-refractivity contribution >= 4 is 23.2 Å². The van der Waals surface area contributed by atoms with Crippen molar-refractivity contribution in [1.29, 1.82) is 0 Å². The quantitative estimate of drug-likeness (QED) is 0.339. The number of carbonyl (C=O) groups excluding carboxylic acids is 2. The topological polar surface area (TPSA) is 49.4 Å². The normalized spacial score (nSPS) is 10.6. The number of carbonyl (C=O) groups is 2. The molecule has 0 spiro atoms. The average Bonchev–Trinajstić information content (AvgIpc) is 2.85. The van der Waals surface area contributed by atoms with Gasteiger partial charge in [-0.2, -0.15) is 0 Å². The van der Waals surface area contributed by atoms with Gasteiger partial charge < -0.3 is 10.2 Å². The Morgan fingerprint density at radius 3 is 2.11 bits per heavy atom. The molecule has 4 aromatic carbocycles. The van der Waals surface area contributed by atoms with Crippen molar-refractivity contribution in [2.45, 2.75) is 26.8 Å². The van der Waals surface area contributed by atoms with Crippen LogP contribution in [0.2, 0.25) is 0 Å². The van der Waals surface area contributed by atoms with Gasteiger partial charge in [-0.1, -0.05) is 59.7 Å². The van der Waals surface area contributed by atoms with Crippen molar-refractivity contribution < 1.29 is 14.0 Å². The van der Waals surface area contributed by atoms with Gasteiger partial charge in [-0.05, 0) is 73.5 Å². The summed E-state index contributed by atoms with van der Waals surface area (Å²) in [6.07, 6.45) is 0.168. The molecule has 4 aromatic rings. The molecule has 0 atom stereocenters. The minimum atomic E-state index is -0.353. The molecular weight excluding hydrogens is 439 g/mol. The smallest absolute Gasteiger partial charge is 0.258 e. The molecule has 1 N–H and O–H groups in total. The number of benzene rings is 4. The van der Waals surface area contributed by atoms with E-state index < -0.39 is 0 Å². The number of hydrogen-bond acceptors (Lipinski definition) is 2. The third kappa shape index (κ3) is 6.42. The Labute approximate surface area is 205 Å². The number of nitrogens with one attached hydrogen (secondary N) is 1. The fourth-order valence-electron chi connectivity index (χ4n) is 3.84. The molecule has 0 fully saturated rings. The molecule has 35 heavy (non-hydrogen) atoms. The lowest BCUT2D eigenvalue weighted by Gasteiger charge is -2.24. The predicted octanol–water partition coefficient (Wildman–Crippen LogP) is 6.47. The van der Waals surface area contributed by atoms with Crippen molar-refractivity contribution in [1.82, 2.24) is 0 Å². The number of amides is 2. The minimum Gasteiger partial charge on any atom is -0.326 e.